The summed E-state index contributed by atoms with van der Waals surface area (Å²) in [6.07, 6.45) is 37.7. The number of aryl methyl sites for hydroxylation is 2. The number of ether oxygens (including phenoxy) is 1. The van der Waals surface area contributed by atoms with Crippen molar-refractivity contribution in [2.75, 3.05) is 0 Å². The van der Waals surface area contributed by atoms with E-state index in [0.717, 1.165) is 50.0 Å². The molecular weight excluding hydrogens is 544 g/mol. The molecule has 0 aliphatic carbocycles. The van der Waals surface area contributed by atoms with Crippen LogP contribution in [0.4, 0.5) is 0 Å². The summed E-state index contributed by atoms with van der Waals surface area (Å²) in [5.74, 6) is 2.13. The number of hydrogen-bond donors (Lipinski definition) is 0. The van der Waals surface area contributed by atoms with Gasteiger partial charge in [-0.05, 0) is 85.8 Å². The van der Waals surface area contributed by atoms with E-state index in [4.69, 9.17) is 4.74 Å². The van der Waals surface area contributed by atoms with Crippen LogP contribution in [-0.4, -0.2) is 0 Å². The molecule has 0 saturated carbocycles. The summed E-state index contributed by atoms with van der Waals surface area (Å²) in [6.45, 7) is 12.6. The third kappa shape index (κ3) is 17.3. The fraction of sp³-hybridized carbons (Fsp3) is 0.636. The lowest BCUT2D eigenvalue weighted by Gasteiger charge is -2.19. The lowest BCUT2D eigenvalue weighted by atomic mass is 9.95. The van der Waals surface area contributed by atoms with Crippen molar-refractivity contribution in [3.8, 4) is 11.5 Å². The van der Waals surface area contributed by atoms with E-state index in [-0.39, 0.29) is 0 Å². The Labute approximate surface area is 280 Å². The van der Waals surface area contributed by atoms with E-state index >= 15 is 0 Å². The van der Waals surface area contributed by atoms with Gasteiger partial charge >= 0.3 is 0 Å². The van der Waals surface area contributed by atoms with E-state index in [1.807, 2.05) is 12.2 Å². The molecule has 0 amide bonds. The smallest absolute Gasteiger partial charge is 0.130 e. The zero-order chi connectivity index (χ0) is 32.2. The van der Waals surface area contributed by atoms with E-state index < -0.39 is 0 Å². The molecule has 0 saturated heterocycles. The Bertz CT molecular complexity index is 936. The van der Waals surface area contributed by atoms with Gasteiger partial charge in [-0.3, -0.25) is 0 Å². The number of benzene rings is 2. The highest BCUT2D eigenvalue weighted by molar-refractivity contribution is 5.47. The first kappa shape index (κ1) is 38.9. The fourth-order valence-corrected chi connectivity index (χ4v) is 6.66. The fourth-order valence-electron chi connectivity index (χ4n) is 6.66. The molecule has 0 aromatic heterocycles. The van der Waals surface area contributed by atoms with Crippen LogP contribution in [0.5, 0.6) is 11.5 Å². The van der Waals surface area contributed by atoms with Crippen molar-refractivity contribution in [2.45, 2.75) is 181 Å². The van der Waals surface area contributed by atoms with Gasteiger partial charge in [0.25, 0.3) is 0 Å². The maximum absolute atomic E-state index is 6.91. The number of allylic oxidation sites excluding steroid dienone is 2. The molecule has 0 unspecified atom stereocenters. The molecule has 0 fully saturated rings. The standard InChI is InChI=1S/C44H70O/c1-5-9-13-15-17-19-21-23-25-27-35-41-39(31-11-7-3)33-29-37-43(41)45-44-38-30-34-40(32-12-8-4)42(44)36-28-26-24-22-20-18-16-14-10-6-2/h7-8,29-30,33-34,37-38H,3-6,9-28,31-32,35-36H2,1-2H3. The molecule has 0 spiro atoms. The zero-order valence-electron chi connectivity index (χ0n) is 29.8. The van der Waals surface area contributed by atoms with E-state index in [9.17, 15) is 0 Å². The van der Waals surface area contributed by atoms with Crippen molar-refractivity contribution in [1.82, 2.24) is 0 Å². The Balaban J connectivity index is 2.03. The maximum atomic E-state index is 6.91. The van der Waals surface area contributed by atoms with E-state index in [0.29, 0.717) is 0 Å². The molecule has 0 N–H and O–H groups in total. The summed E-state index contributed by atoms with van der Waals surface area (Å²) in [7, 11) is 0. The predicted octanol–water partition coefficient (Wildman–Crippen LogP) is 14.6. The predicted molar refractivity (Wildman–Crippen MR) is 201 cm³/mol. The first-order chi connectivity index (χ1) is 22.2. The van der Waals surface area contributed by atoms with E-state index in [2.05, 4.69) is 63.4 Å². The summed E-state index contributed by atoms with van der Waals surface area (Å²) < 4.78 is 6.91. The molecule has 1 heteroatoms. The van der Waals surface area contributed by atoms with E-state index in [1.54, 1.807) is 0 Å². The van der Waals surface area contributed by atoms with Gasteiger partial charge in [0.05, 0.1) is 0 Å². The van der Waals surface area contributed by atoms with Crippen LogP contribution < -0.4 is 4.74 Å². The van der Waals surface area contributed by atoms with Gasteiger partial charge in [-0.2, -0.15) is 0 Å². The molecule has 0 atom stereocenters. The first-order valence-corrected chi connectivity index (χ1v) is 19.4. The van der Waals surface area contributed by atoms with Crippen LogP contribution in [0.1, 0.15) is 177 Å². The SMILES string of the molecule is C=CCCc1cccc(Oc2cccc(CCC=C)c2CCCCCCCCCCCC)c1CCCCCCCCCCCC. The number of unbranched alkanes of at least 4 members (excludes halogenated alkanes) is 18. The third-order valence-electron chi connectivity index (χ3n) is 9.48. The summed E-state index contributed by atoms with van der Waals surface area (Å²) >= 11 is 0. The van der Waals surface area contributed by atoms with Gasteiger partial charge in [-0.25, -0.2) is 0 Å². The van der Waals surface area contributed by atoms with Crippen molar-refractivity contribution in [3.63, 3.8) is 0 Å². The van der Waals surface area contributed by atoms with Gasteiger partial charge < -0.3 is 4.74 Å². The minimum atomic E-state index is 1.01. The van der Waals surface area contributed by atoms with Crippen LogP contribution in [0.15, 0.2) is 61.7 Å². The molecule has 252 valence electrons. The second kappa shape index (κ2) is 26.9. The molecule has 0 radical (unpaired) electrons. The van der Waals surface area contributed by atoms with Gasteiger partial charge in [0.2, 0.25) is 0 Å². The Hall–Kier alpha value is -2.28. The van der Waals surface area contributed by atoms with Crippen molar-refractivity contribution < 1.29 is 4.74 Å². The van der Waals surface area contributed by atoms with Crippen LogP contribution in [-0.2, 0) is 25.7 Å². The lowest BCUT2D eigenvalue weighted by Crippen LogP contribution is -2.02. The van der Waals surface area contributed by atoms with E-state index in [1.165, 1.54) is 151 Å². The van der Waals surface area contributed by atoms with Crippen LogP contribution in [0.25, 0.3) is 0 Å². The summed E-state index contributed by atoms with van der Waals surface area (Å²) in [4.78, 5) is 0. The molecule has 0 aliphatic heterocycles. The Morgan fingerprint density at radius 2 is 0.778 bits per heavy atom. The molecule has 0 aliphatic rings. The van der Waals surface area contributed by atoms with Gasteiger partial charge in [0.15, 0.2) is 0 Å². The highest BCUT2D eigenvalue weighted by Gasteiger charge is 2.15. The third-order valence-corrected chi connectivity index (χ3v) is 9.48. The van der Waals surface area contributed by atoms with Gasteiger partial charge in [-0.1, -0.05) is 166 Å². The molecule has 1 nitrogen and oxygen atoms in total. The minimum Gasteiger partial charge on any atom is -0.457 e. The monoisotopic (exact) mass is 615 g/mol. The number of rotatable bonds is 30. The van der Waals surface area contributed by atoms with Gasteiger partial charge in [0.1, 0.15) is 11.5 Å². The highest BCUT2D eigenvalue weighted by atomic mass is 16.5. The Kier molecular flexibility index (Phi) is 23.2. The summed E-state index contributed by atoms with van der Waals surface area (Å²) in [5, 5.41) is 0. The zero-order valence-corrected chi connectivity index (χ0v) is 29.8. The van der Waals surface area contributed by atoms with Crippen LogP contribution >= 0.6 is 0 Å². The van der Waals surface area contributed by atoms with Crippen LogP contribution in [0.2, 0.25) is 0 Å². The molecular formula is C44H70O. The first-order valence-electron chi connectivity index (χ1n) is 19.4. The second-order valence-electron chi connectivity index (χ2n) is 13.4. The molecule has 0 bridgehead atoms. The average molecular weight is 615 g/mol. The molecule has 2 aromatic rings. The van der Waals surface area contributed by atoms with Crippen LogP contribution in [0.3, 0.4) is 0 Å². The average Bonchev–Trinajstić information content (AvgIpc) is 3.06. The van der Waals surface area contributed by atoms with Crippen molar-refractivity contribution >= 4 is 0 Å². The quantitative estimate of drug-likeness (QED) is 0.0628. The molecule has 2 aromatic carbocycles. The Morgan fingerprint density at radius 1 is 0.444 bits per heavy atom. The topological polar surface area (TPSA) is 9.23 Å². The summed E-state index contributed by atoms with van der Waals surface area (Å²) in [5.41, 5.74) is 5.70. The van der Waals surface area contributed by atoms with Crippen molar-refractivity contribution in [1.29, 1.82) is 0 Å². The largest absolute Gasteiger partial charge is 0.457 e. The maximum Gasteiger partial charge on any atom is 0.130 e. The highest BCUT2D eigenvalue weighted by Crippen LogP contribution is 2.34. The van der Waals surface area contributed by atoms with Gasteiger partial charge in [-0.15, -0.1) is 13.2 Å². The number of hydrogen-bond acceptors (Lipinski definition) is 1. The normalized spacial score (nSPS) is 11.2. The molecule has 0 heterocycles. The molecule has 45 heavy (non-hydrogen) atoms. The summed E-state index contributed by atoms with van der Waals surface area (Å²) in [6, 6.07) is 13.4. The Morgan fingerprint density at radius 3 is 1.11 bits per heavy atom. The van der Waals surface area contributed by atoms with Crippen molar-refractivity contribution in [2.24, 2.45) is 0 Å². The molecule has 2 rings (SSSR count). The lowest BCUT2D eigenvalue weighted by molar-refractivity contribution is 0.463. The van der Waals surface area contributed by atoms with Crippen molar-refractivity contribution in [3.05, 3.63) is 84.0 Å². The second-order valence-corrected chi connectivity index (χ2v) is 13.4. The minimum absolute atomic E-state index is 1.01. The van der Waals surface area contributed by atoms with Gasteiger partial charge in [0, 0.05) is 0 Å². The van der Waals surface area contributed by atoms with Crippen LogP contribution in [0, 0.1) is 0 Å².